The fraction of sp³-hybridized carbons (Fsp3) is 0.500. The van der Waals surface area contributed by atoms with Crippen LogP contribution < -0.4 is 20.1 Å². The number of carbonyl (C=O) groups is 1. The van der Waals surface area contributed by atoms with Crippen LogP contribution in [-0.2, 0) is 0 Å². The summed E-state index contributed by atoms with van der Waals surface area (Å²) in [4.78, 5) is 12.1. The van der Waals surface area contributed by atoms with Crippen LogP contribution in [0, 0.1) is 0 Å². The first-order valence-corrected chi connectivity index (χ1v) is 6.74. The monoisotopic (exact) mass is 300 g/mol. The minimum absolute atomic E-state index is 0.0489. The molecule has 0 aliphatic carbocycles. The van der Waals surface area contributed by atoms with Crippen molar-refractivity contribution in [3.8, 4) is 11.5 Å². The van der Waals surface area contributed by atoms with Gasteiger partial charge in [0.15, 0.2) is 11.5 Å². The lowest BCUT2D eigenvalue weighted by Gasteiger charge is -2.24. The molecule has 1 aromatic carbocycles. The fourth-order valence-electron chi connectivity index (χ4n) is 2.25. The molecule has 0 spiro atoms. The standard InChI is InChI=1S/C14H18F2N2O3/c1-20-11-5-4-9(7-12(11)21-14(15)16)13(19)18-10-3-2-6-17-8-10/h4-5,7,10,14,17H,2-3,6,8H2,1H3,(H,18,19)/t10-/m0/s1. The average Bonchev–Trinajstić information content (AvgIpc) is 2.47. The van der Waals surface area contributed by atoms with Gasteiger partial charge in [-0.3, -0.25) is 4.79 Å². The molecule has 1 aromatic rings. The van der Waals surface area contributed by atoms with Gasteiger partial charge >= 0.3 is 6.61 Å². The molecule has 1 fully saturated rings. The van der Waals surface area contributed by atoms with E-state index in [0.717, 1.165) is 19.4 Å². The topological polar surface area (TPSA) is 59.6 Å². The lowest BCUT2D eigenvalue weighted by atomic mass is 10.1. The van der Waals surface area contributed by atoms with Crippen LogP contribution in [0.1, 0.15) is 23.2 Å². The molecule has 0 aromatic heterocycles. The van der Waals surface area contributed by atoms with E-state index in [0.29, 0.717) is 6.54 Å². The van der Waals surface area contributed by atoms with Gasteiger partial charge in [-0.1, -0.05) is 0 Å². The molecule has 0 radical (unpaired) electrons. The van der Waals surface area contributed by atoms with Gasteiger partial charge in [0.05, 0.1) is 7.11 Å². The highest BCUT2D eigenvalue weighted by Gasteiger charge is 2.18. The number of carbonyl (C=O) groups excluding carboxylic acids is 1. The van der Waals surface area contributed by atoms with Crippen molar-refractivity contribution in [2.75, 3.05) is 20.2 Å². The molecule has 1 heterocycles. The van der Waals surface area contributed by atoms with Crippen molar-refractivity contribution < 1.29 is 23.0 Å². The van der Waals surface area contributed by atoms with Gasteiger partial charge in [-0.15, -0.1) is 0 Å². The van der Waals surface area contributed by atoms with Crippen molar-refractivity contribution in [1.82, 2.24) is 10.6 Å². The van der Waals surface area contributed by atoms with Gasteiger partial charge in [-0.2, -0.15) is 8.78 Å². The summed E-state index contributed by atoms with van der Waals surface area (Å²) in [6.07, 6.45) is 1.89. The predicted octanol–water partition coefficient (Wildman–Crippen LogP) is 1.78. The van der Waals surface area contributed by atoms with Gasteiger partial charge < -0.3 is 20.1 Å². The van der Waals surface area contributed by atoms with Crippen LogP contribution in [0.15, 0.2) is 18.2 Å². The zero-order valence-electron chi connectivity index (χ0n) is 11.7. The molecule has 7 heteroatoms. The zero-order valence-corrected chi connectivity index (χ0v) is 11.7. The van der Waals surface area contributed by atoms with Crippen LogP contribution in [0.4, 0.5) is 8.78 Å². The summed E-state index contributed by atoms with van der Waals surface area (Å²) in [5, 5.41) is 6.06. The third-order valence-electron chi connectivity index (χ3n) is 3.27. The largest absolute Gasteiger partial charge is 0.493 e. The summed E-state index contributed by atoms with van der Waals surface area (Å²) in [6.45, 7) is -1.32. The maximum atomic E-state index is 12.4. The Kier molecular flexibility index (Phi) is 5.32. The molecule has 1 amide bonds. The smallest absolute Gasteiger partial charge is 0.387 e. The Hall–Kier alpha value is -1.89. The Bertz CT molecular complexity index is 491. The van der Waals surface area contributed by atoms with E-state index in [-0.39, 0.29) is 29.0 Å². The first-order valence-electron chi connectivity index (χ1n) is 6.74. The molecule has 1 aliphatic heterocycles. The third kappa shape index (κ3) is 4.29. The Morgan fingerprint density at radius 3 is 2.86 bits per heavy atom. The lowest BCUT2D eigenvalue weighted by molar-refractivity contribution is -0.0512. The summed E-state index contributed by atoms with van der Waals surface area (Å²) in [6, 6.07) is 4.26. The third-order valence-corrected chi connectivity index (χ3v) is 3.27. The molecule has 0 saturated carbocycles. The Morgan fingerprint density at radius 1 is 1.43 bits per heavy atom. The molecule has 21 heavy (non-hydrogen) atoms. The lowest BCUT2D eigenvalue weighted by Crippen LogP contribution is -2.45. The highest BCUT2D eigenvalue weighted by molar-refractivity contribution is 5.95. The van der Waals surface area contributed by atoms with E-state index in [9.17, 15) is 13.6 Å². The van der Waals surface area contributed by atoms with Gasteiger partial charge in [-0.05, 0) is 37.6 Å². The van der Waals surface area contributed by atoms with E-state index < -0.39 is 6.61 Å². The van der Waals surface area contributed by atoms with Crippen molar-refractivity contribution in [1.29, 1.82) is 0 Å². The van der Waals surface area contributed by atoms with Gasteiger partial charge in [-0.25, -0.2) is 0 Å². The number of alkyl halides is 2. The van der Waals surface area contributed by atoms with Crippen LogP contribution in [0.3, 0.4) is 0 Å². The number of hydrogen-bond donors (Lipinski definition) is 2. The summed E-state index contributed by atoms with van der Waals surface area (Å²) < 4.78 is 34.0. The molecule has 2 N–H and O–H groups in total. The predicted molar refractivity (Wildman–Crippen MR) is 73.0 cm³/mol. The van der Waals surface area contributed by atoms with Crippen LogP contribution in [0.2, 0.25) is 0 Å². The quantitative estimate of drug-likeness (QED) is 0.870. The van der Waals surface area contributed by atoms with Crippen molar-refractivity contribution in [3.05, 3.63) is 23.8 Å². The van der Waals surface area contributed by atoms with Crippen LogP contribution in [-0.4, -0.2) is 38.8 Å². The molecule has 1 atom stereocenters. The molecular formula is C14H18F2N2O3. The van der Waals surface area contributed by atoms with Crippen LogP contribution >= 0.6 is 0 Å². The SMILES string of the molecule is COc1ccc(C(=O)N[C@H]2CCCNC2)cc1OC(F)F. The molecular weight excluding hydrogens is 282 g/mol. The Labute approximate surface area is 121 Å². The van der Waals surface area contributed by atoms with Gasteiger partial charge in [0.25, 0.3) is 5.91 Å². The highest BCUT2D eigenvalue weighted by Crippen LogP contribution is 2.29. The molecule has 116 valence electrons. The second kappa shape index (κ2) is 7.21. The Morgan fingerprint density at radius 2 is 2.24 bits per heavy atom. The van der Waals surface area contributed by atoms with Crippen LogP contribution in [0.5, 0.6) is 11.5 Å². The number of methoxy groups -OCH3 is 1. The number of piperidine rings is 1. The van der Waals surface area contributed by atoms with E-state index in [1.165, 1.54) is 25.3 Å². The Balaban J connectivity index is 2.09. The maximum absolute atomic E-state index is 12.4. The van der Waals surface area contributed by atoms with E-state index in [1.54, 1.807) is 0 Å². The molecule has 5 nitrogen and oxygen atoms in total. The number of ether oxygens (including phenoxy) is 2. The van der Waals surface area contributed by atoms with Crippen molar-refractivity contribution >= 4 is 5.91 Å². The van der Waals surface area contributed by atoms with Crippen molar-refractivity contribution in [2.45, 2.75) is 25.5 Å². The number of amides is 1. The van der Waals surface area contributed by atoms with Gasteiger partial charge in [0, 0.05) is 18.2 Å². The number of hydrogen-bond acceptors (Lipinski definition) is 4. The summed E-state index contributed by atoms with van der Waals surface area (Å²) in [7, 11) is 1.35. The first kappa shape index (κ1) is 15.5. The average molecular weight is 300 g/mol. The molecule has 1 saturated heterocycles. The van der Waals surface area contributed by atoms with E-state index >= 15 is 0 Å². The van der Waals surface area contributed by atoms with Crippen molar-refractivity contribution in [3.63, 3.8) is 0 Å². The minimum atomic E-state index is -2.97. The van der Waals surface area contributed by atoms with Crippen LogP contribution in [0.25, 0.3) is 0 Å². The second-order valence-electron chi connectivity index (χ2n) is 4.76. The van der Waals surface area contributed by atoms with Crippen molar-refractivity contribution in [2.24, 2.45) is 0 Å². The molecule has 2 rings (SSSR count). The normalized spacial score (nSPS) is 18.4. The minimum Gasteiger partial charge on any atom is -0.493 e. The molecule has 0 bridgehead atoms. The number of benzene rings is 1. The molecule has 0 unspecified atom stereocenters. The van der Waals surface area contributed by atoms with E-state index in [2.05, 4.69) is 15.4 Å². The van der Waals surface area contributed by atoms with Gasteiger partial charge in [0.2, 0.25) is 0 Å². The summed E-state index contributed by atoms with van der Waals surface area (Å²) in [5.41, 5.74) is 0.261. The highest BCUT2D eigenvalue weighted by atomic mass is 19.3. The fourth-order valence-corrected chi connectivity index (χ4v) is 2.25. The second-order valence-corrected chi connectivity index (χ2v) is 4.76. The number of rotatable bonds is 5. The van der Waals surface area contributed by atoms with Gasteiger partial charge in [0.1, 0.15) is 0 Å². The summed E-state index contributed by atoms with van der Waals surface area (Å²) >= 11 is 0. The number of nitrogens with one attached hydrogen (secondary N) is 2. The first-order chi connectivity index (χ1) is 10.1. The van der Waals surface area contributed by atoms with E-state index in [4.69, 9.17) is 4.74 Å². The van der Waals surface area contributed by atoms with E-state index in [1.807, 2.05) is 0 Å². The molecule has 1 aliphatic rings. The summed E-state index contributed by atoms with van der Waals surface area (Å²) in [5.74, 6) is -0.307. The zero-order chi connectivity index (χ0) is 15.2. The maximum Gasteiger partial charge on any atom is 0.387 e. The number of halogens is 2.